The second kappa shape index (κ2) is 15.1. The van der Waals surface area contributed by atoms with Gasteiger partial charge in [-0.2, -0.15) is 5.10 Å². The van der Waals surface area contributed by atoms with Crippen molar-refractivity contribution in [2.75, 3.05) is 32.1 Å². The number of carbonyl (C=O) groups excluding carboxylic acids is 1. The zero-order chi connectivity index (χ0) is 35.5. The molecule has 14 heteroatoms. The standard InChI is InChI=1S/C36H34Cl2F2N6O4/c1-4-50-36(48)20-13-15-46(16-14-20)19-21-11-12-26(44-34(21)49-3)25-9-5-7-23(30(25)37)24-8-6-10-27(31(24)38)42-33-29-22(17-28(43-33)32(39)40)18-41-45(2)35(29)47/h5-12,17-18,20,32H,4,13-16,19H2,1-3H3,(H,42,43). The van der Waals surface area contributed by atoms with Gasteiger partial charge in [0.2, 0.25) is 5.88 Å². The fourth-order valence-electron chi connectivity index (χ4n) is 6.12. The van der Waals surface area contributed by atoms with Gasteiger partial charge in [-0.1, -0.05) is 59.6 Å². The molecule has 1 fully saturated rings. The van der Waals surface area contributed by atoms with E-state index in [9.17, 15) is 18.4 Å². The number of ether oxygens (including phenoxy) is 2. The minimum absolute atomic E-state index is 0.0700. The lowest BCUT2D eigenvalue weighted by molar-refractivity contribution is -0.149. The van der Waals surface area contributed by atoms with Crippen molar-refractivity contribution in [3.05, 3.63) is 92.5 Å². The number of alkyl halides is 2. The van der Waals surface area contributed by atoms with E-state index in [1.54, 1.807) is 25.3 Å². The summed E-state index contributed by atoms with van der Waals surface area (Å²) in [4.78, 5) is 36.3. The largest absolute Gasteiger partial charge is 0.481 e. The van der Waals surface area contributed by atoms with Gasteiger partial charge in [-0.3, -0.25) is 14.5 Å². The average molecular weight is 724 g/mol. The van der Waals surface area contributed by atoms with Crippen molar-refractivity contribution in [3.8, 4) is 28.3 Å². The minimum Gasteiger partial charge on any atom is -0.481 e. The van der Waals surface area contributed by atoms with E-state index in [-0.39, 0.29) is 33.5 Å². The molecule has 0 atom stereocenters. The zero-order valence-electron chi connectivity index (χ0n) is 27.6. The molecule has 0 aliphatic carbocycles. The molecular weight excluding hydrogens is 689 g/mol. The summed E-state index contributed by atoms with van der Waals surface area (Å²) >= 11 is 14.0. The zero-order valence-corrected chi connectivity index (χ0v) is 29.1. The van der Waals surface area contributed by atoms with Crippen LogP contribution in [0.1, 0.15) is 37.4 Å². The molecule has 2 aromatic carbocycles. The Morgan fingerprint density at radius 1 is 1.02 bits per heavy atom. The Kier molecular flexibility index (Phi) is 10.6. The van der Waals surface area contributed by atoms with E-state index in [1.807, 2.05) is 37.3 Å². The smallest absolute Gasteiger partial charge is 0.309 e. The van der Waals surface area contributed by atoms with Gasteiger partial charge in [0.05, 0.1) is 52.6 Å². The van der Waals surface area contributed by atoms with Crippen molar-refractivity contribution in [2.24, 2.45) is 13.0 Å². The maximum absolute atomic E-state index is 13.8. The van der Waals surface area contributed by atoms with Crippen LogP contribution in [-0.4, -0.2) is 57.4 Å². The highest BCUT2D eigenvalue weighted by molar-refractivity contribution is 6.39. The summed E-state index contributed by atoms with van der Waals surface area (Å²) in [7, 11) is 3.03. The molecule has 0 spiro atoms. The first kappa shape index (κ1) is 35.2. The molecule has 10 nitrogen and oxygen atoms in total. The predicted molar refractivity (Wildman–Crippen MR) is 189 cm³/mol. The van der Waals surface area contributed by atoms with Gasteiger partial charge >= 0.3 is 5.97 Å². The van der Waals surface area contributed by atoms with Gasteiger partial charge < -0.3 is 14.8 Å². The molecule has 3 aromatic heterocycles. The number of piperidine rings is 1. The van der Waals surface area contributed by atoms with Crippen LogP contribution in [0, 0.1) is 5.92 Å². The average Bonchev–Trinajstić information content (AvgIpc) is 3.11. The molecular formula is C36H34Cl2F2N6O4. The number of hydrogen-bond donors (Lipinski definition) is 1. The van der Waals surface area contributed by atoms with Crippen LogP contribution in [0.4, 0.5) is 20.3 Å². The molecule has 1 aliphatic rings. The third kappa shape index (κ3) is 7.14. The first-order valence-corrected chi connectivity index (χ1v) is 16.8. The number of likely N-dealkylation sites (tertiary alicyclic amines) is 1. The topological polar surface area (TPSA) is 111 Å². The molecule has 0 radical (unpaired) electrons. The quantitative estimate of drug-likeness (QED) is 0.144. The SMILES string of the molecule is CCOC(=O)C1CCN(Cc2ccc(-c3cccc(-c4cccc(Nc5nc(C(F)F)cc6cnn(C)c(=O)c56)c4Cl)c3Cl)nc2OC)CC1. The number of anilines is 2. The Balaban J connectivity index is 1.28. The van der Waals surface area contributed by atoms with Gasteiger partial charge in [-0.05, 0) is 51.1 Å². The van der Waals surface area contributed by atoms with Crippen LogP contribution in [0.25, 0.3) is 33.2 Å². The van der Waals surface area contributed by atoms with Gasteiger partial charge in [-0.25, -0.2) is 23.4 Å². The third-order valence-electron chi connectivity index (χ3n) is 8.72. The number of aryl methyl sites for hydroxylation is 1. The predicted octanol–water partition coefficient (Wildman–Crippen LogP) is 7.83. The molecule has 6 rings (SSSR count). The number of aromatic nitrogens is 4. The molecule has 5 aromatic rings. The molecule has 260 valence electrons. The van der Waals surface area contributed by atoms with Gasteiger partial charge in [0, 0.05) is 41.2 Å². The van der Waals surface area contributed by atoms with Crippen molar-refractivity contribution in [3.63, 3.8) is 0 Å². The Morgan fingerprint density at radius 2 is 1.72 bits per heavy atom. The summed E-state index contributed by atoms with van der Waals surface area (Å²) in [6.45, 7) is 4.33. The van der Waals surface area contributed by atoms with Crippen LogP contribution < -0.4 is 15.6 Å². The number of esters is 1. The monoisotopic (exact) mass is 722 g/mol. The van der Waals surface area contributed by atoms with E-state index in [0.717, 1.165) is 42.2 Å². The van der Waals surface area contributed by atoms with Crippen molar-refractivity contribution in [1.82, 2.24) is 24.6 Å². The fraction of sp³-hybridized carbons (Fsp3) is 0.306. The molecule has 1 saturated heterocycles. The molecule has 0 amide bonds. The van der Waals surface area contributed by atoms with Gasteiger partial charge in [0.25, 0.3) is 12.0 Å². The third-order valence-corrected chi connectivity index (χ3v) is 9.54. The van der Waals surface area contributed by atoms with E-state index in [0.29, 0.717) is 52.1 Å². The normalized spacial score (nSPS) is 13.9. The van der Waals surface area contributed by atoms with E-state index < -0.39 is 17.7 Å². The molecule has 1 aliphatic heterocycles. The number of nitrogens with one attached hydrogen (secondary N) is 1. The summed E-state index contributed by atoms with van der Waals surface area (Å²) in [6, 6.07) is 15.7. The lowest BCUT2D eigenvalue weighted by Crippen LogP contribution is -2.36. The van der Waals surface area contributed by atoms with Gasteiger partial charge in [0.1, 0.15) is 11.5 Å². The number of benzene rings is 2. The van der Waals surface area contributed by atoms with Crippen molar-refractivity contribution in [1.29, 1.82) is 0 Å². The number of fused-ring (bicyclic) bond motifs is 1. The Hall–Kier alpha value is -4.65. The highest BCUT2D eigenvalue weighted by Crippen LogP contribution is 2.42. The van der Waals surface area contributed by atoms with Crippen LogP contribution in [0.2, 0.25) is 10.0 Å². The lowest BCUT2D eigenvalue weighted by Gasteiger charge is -2.31. The summed E-state index contributed by atoms with van der Waals surface area (Å²) < 4.78 is 39.5. The number of rotatable bonds is 10. The van der Waals surface area contributed by atoms with E-state index >= 15 is 0 Å². The summed E-state index contributed by atoms with van der Waals surface area (Å²) in [5, 5.41) is 7.90. The molecule has 4 heterocycles. The van der Waals surface area contributed by atoms with Crippen molar-refractivity contribution in [2.45, 2.75) is 32.7 Å². The number of pyridine rings is 2. The number of carbonyl (C=O) groups is 1. The highest BCUT2D eigenvalue weighted by Gasteiger charge is 2.27. The van der Waals surface area contributed by atoms with Crippen molar-refractivity contribution >= 4 is 51.4 Å². The number of hydrogen-bond acceptors (Lipinski definition) is 9. The van der Waals surface area contributed by atoms with E-state index in [4.69, 9.17) is 37.7 Å². The second-order valence-corrected chi connectivity index (χ2v) is 12.6. The second-order valence-electron chi connectivity index (χ2n) is 11.9. The Labute approximate surface area is 297 Å². The van der Waals surface area contributed by atoms with Crippen LogP contribution in [-0.2, 0) is 23.1 Å². The Morgan fingerprint density at radius 3 is 2.42 bits per heavy atom. The number of methoxy groups -OCH3 is 1. The summed E-state index contributed by atoms with van der Waals surface area (Å²) in [5.74, 6) is 0.189. The first-order chi connectivity index (χ1) is 24.1. The fourth-order valence-corrected chi connectivity index (χ4v) is 6.72. The molecule has 1 N–H and O–H groups in total. The number of nitrogens with zero attached hydrogens (tertiary/aromatic N) is 5. The lowest BCUT2D eigenvalue weighted by atomic mass is 9.96. The maximum atomic E-state index is 13.8. The minimum atomic E-state index is -2.87. The maximum Gasteiger partial charge on any atom is 0.309 e. The van der Waals surface area contributed by atoms with Crippen LogP contribution >= 0.6 is 23.2 Å². The first-order valence-electron chi connectivity index (χ1n) is 16.0. The summed E-state index contributed by atoms with van der Waals surface area (Å²) in [6.07, 6.45) is -0.0623. The number of halogens is 4. The highest BCUT2D eigenvalue weighted by atomic mass is 35.5. The Bertz CT molecular complexity index is 2120. The van der Waals surface area contributed by atoms with Crippen LogP contribution in [0.3, 0.4) is 0 Å². The molecule has 0 unspecified atom stereocenters. The summed E-state index contributed by atoms with van der Waals surface area (Å²) in [5.41, 5.74) is 2.62. The van der Waals surface area contributed by atoms with Crippen molar-refractivity contribution < 1.29 is 23.0 Å². The molecule has 0 bridgehead atoms. The van der Waals surface area contributed by atoms with Crippen LogP contribution in [0.15, 0.2) is 65.6 Å². The van der Waals surface area contributed by atoms with Crippen LogP contribution in [0.5, 0.6) is 5.88 Å². The van der Waals surface area contributed by atoms with Gasteiger partial charge in [-0.15, -0.1) is 0 Å². The van der Waals surface area contributed by atoms with E-state index in [1.165, 1.54) is 13.2 Å². The molecule has 0 saturated carbocycles. The molecule has 50 heavy (non-hydrogen) atoms. The van der Waals surface area contributed by atoms with Gasteiger partial charge in [0.15, 0.2) is 0 Å². The van der Waals surface area contributed by atoms with E-state index in [2.05, 4.69) is 20.3 Å².